The predicted octanol–water partition coefficient (Wildman–Crippen LogP) is 7.84. The van der Waals surface area contributed by atoms with Crippen molar-refractivity contribution in [3.05, 3.63) is 64.7 Å². The van der Waals surface area contributed by atoms with Crippen LogP contribution in [-0.2, 0) is 0 Å². The molecule has 4 aliphatic rings. The van der Waals surface area contributed by atoms with Crippen molar-refractivity contribution in [2.75, 3.05) is 0 Å². The third-order valence-electron chi connectivity index (χ3n) is 7.05. The molecule has 6 rings (SSSR count). The van der Waals surface area contributed by atoms with Crippen LogP contribution in [0.3, 0.4) is 0 Å². The van der Waals surface area contributed by atoms with Crippen LogP contribution in [0.4, 0.5) is 26.3 Å². The number of fused-ring (bicyclic) bond motifs is 8. The van der Waals surface area contributed by atoms with Crippen LogP contribution in [0.15, 0.2) is 68.3 Å². The summed E-state index contributed by atoms with van der Waals surface area (Å²) >= 11 is 6.83. The van der Waals surface area contributed by atoms with Crippen LogP contribution in [0.2, 0.25) is 0 Å². The average Bonchev–Trinajstić information content (AvgIpc) is 3.20. The largest absolute Gasteiger partial charge is 0.380 e. The maximum absolute atomic E-state index is 15.3. The van der Waals surface area contributed by atoms with E-state index in [-0.39, 0.29) is 16.7 Å². The molecule has 2 aliphatic carbocycles. The minimum absolute atomic E-state index is 0.118. The van der Waals surface area contributed by atoms with E-state index < -0.39 is 38.4 Å². The van der Waals surface area contributed by atoms with Gasteiger partial charge in [0.1, 0.15) is 0 Å². The summed E-state index contributed by atoms with van der Waals surface area (Å²) < 4.78 is 88.5. The van der Waals surface area contributed by atoms with Crippen LogP contribution in [0.25, 0.3) is 11.1 Å². The topological polar surface area (TPSA) is 0 Å². The van der Waals surface area contributed by atoms with Crippen molar-refractivity contribution in [1.82, 2.24) is 0 Å². The second-order valence-electron chi connectivity index (χ2n) is 8.67. The summed E-state index contributed by atoms with van der Waals surface area (Å²) in [5, 5.41) is 0. The van der Waals surface area contributed by atoms with Crippen LogP contribution < -0.4 is 0 Å². The molecule has 2 aromatic carbocycles. The van der Waals surface area contributed by atoms with Gasteiger partial charge in [-0.25, -0.2) is 0 Å². The van der Waals surface area contributed by atoms with Crippen molar-refractivity contribution in [2.45, 2.75) is 55.8 Å². The van der Waals surface area contributed by atoms with E-state index in [9.17, 15) is 8.78 Å². The minimum Gasteiger partial charge on any atom is -0.194 e. The van der Waals surface area contributed by atoms with E-state index in [1.54, 1.807) is 50.2 Å². The second-order valence-corrected chi connectivity index (χ2v) is 12.1. The summed E-state index contributed by atoms with van der Waals surface area (Å²) in [5.41, 5.74) is -2.09. The van der Waals surface area contributed by atoms with Gasteiger partial charge in [-0.15, -0.1) is 36.2 Å². The fourth-order valence-corrected chi connectivity index (χ4v) is 8.96. The third kappa shape index (κ3) is 2.02. The number of rotatable bonds is 0. The molecule has 9 heteroatoms. The molecule has 166 valence electrons. The van der Waals surface area contributed by atoms with Gasteiger partial charge in [0.05, 0.1) is 9.49 Å². The van der Waals surface area contributed by atoms with Crippen molar-refractivity contribution < 1.29 is 26.3 Å². The Balaban J connectivity index is 1.84. The van der Waals surface area contributed by atoms with Crippen molar-refractivity contribution in [2.24, 2.45) is 0 Å². The van der Waals surface area contributed by atoms with Crippen LogP contribution in [0.5, 0.6) is 0 Å². The minimum atomic E-state index is -5.55. The number of halogens is 6. The molecular weight excluding hydrogens is 486 g/mol. The van der Waals surface area contributed by atoms with E-state index in [1.807, 2.05) is 0 Å². The molecule has 0 spiro atoms. The molecule has 0 aromatic heterocycles. The summed E-state index contributed by atoms with van der Waals surface area (Å²) in [7, 11) is 0. The lowest BCUT2D eigenvalue weighted by molar-refractivity contribution is -0.257. The number of benzene rings is 2. The van der Waals surface area contributed by atoms with E-state index in [2.05, 4.69) is 12.6 Å². The van der Waals surface area contributed by atoms with Gasteiger partial charge in [-0.2, -0.15) is 26.3 Å². The van der Waals surface area contributed by atoms with E-state index in [0.717, 1.165) is 0 Å². The highest BCUT2D eigenvalue weighted by molar-refractivity contribution is 8.06. The molecule has 2 aromatic rings. The Labute approximate surface area is 193 Å². The van der Waals surface area contributed by atoms with E-state index in [1.165, 1.54) is 29.6 Å². The first-order valence-corrected chi connectivity index (χ1v) is 11.8. The maximum Gasteiger partial charge on any atom is 0.380 e. The molecule has 32 heavy (non-hydrogen) atoms. The molecule has 0 bridgehead atoms. The quantitative estimate of drug-likeness (QED) is 0.289. The molecule has 0 radical (unpaired) electrons. The number of hydrogen-bond acceptors (Lipinski definition) is 3. The fourth-order valence-electron chi connectivity index (χ4n) is 5.43. The maximum atomic E-state index is 15.3. The van der Waals surface area contributed by atoms with Gasteiger partial charge in [-0.05, 0) is 54.3 Å². The predicted molar refractivity (Wildman–Crippen MR) is 117 cm³/mol. The first kappa shape index (κ1) is 21.1. The van der Waals surface area contributed by atoms with Crippen molar-refractivity contribution in [1.29, 1.82) is 0 Å². The second kappa shape index (κ2) is 5.78. The van der Waals surface area contributed by atoms with Gasteiger partial charge in [0.2, 0.25) is 0 Å². The zero-order chi connectivity index (χ0) is 23.1. The summed E-state index contributed by atoms with van der Waals surface area (Å²) in [4.78, 5) is 1.74. The van der Waals surface area contributed by atoms with E-state index in [0.29, 0.717) is 20.2 Å². The standard InChI is InChI=1S/C23H14F6S3/c1-19-15(11-5-3-4-6-13(11)31-19)17-18(22(26,27)23(28,29)21(17,24)25)16-12-8-7-10(30)9-14(12)32-20(16,19)2/h3-9,30H,1-2H3. The summed E-state index contributed by atoms with van der Waals surface area (Å²) in [6.45, 7) is 3.39. The molecular formula is C23H14F6S3. The van der Waals surface area contributed by atoms with E-state index in [4.69, 9.17) is 0 Å². The first-order chi connectivity index (χ1) is 14.8. The monoisotopic (exact) mass is 500 g/mol. The number of alkyl halides is 6. The molecule has 0 saturated heterocycles. The molecule has 0 nitrogen and oxygen atoms in total. The molecule has 2 heterocycles. The highest BCUT2D eigenvalue weighted by Gasteiger charge is 2.84. The van der Waals surface area contributed by atoms with Crippen LogP contribution in [0.1, 0.15) is 25.0 Å². The number of allylic oxidation sites excluding steroid dienone is 2. The molecule has 0 N–H and O–H groups in total. The fraction of sp³-hybridized carbons (Fsp3) is 0.304. The first-order valence-electron chi connectivity index (χ1n) is 9.74. The van der Waals surface area contributed by atoms with Crippen molar-refractivity contribution in [3.8, 4) is 0 Å². The Hall–Kier alpha value is -1.45. The Morgan fingerprint density at radius 3 is 1.75 bits per heavy atom. The zero-order valence-corrected chi connectivity index (χ0v) is 19.1. The highest BCUT2D eigenvalue weighted by Crippen LogP contribution is 2.78. The summed E-state index contributed by atoms with van der Waals surface area (Å²) in [6.07, 6.45) is 0. The lowest BCUT2D eigenvalue weighted by Gasteiger charge is -2.47. The SMILES string of the molecule is CC12Sc3ccccc3C1=C1C(=C3c4ccc(S)cc4SC32C)C(F)(F)C(F)(F)C1(F)F. The van der Waals surface area contributed by atoms with E-state index >= 15 is 17.6 Å². The highest BCUT2D eigenvalue weighted by atomic mass is 32.2. The van der Waals surface area contributed by atoms with Crippen molar-refractivity contribution >= 4 is 47.3 Å². The average molecular weight is 501 g/mol. The normalized spacial score (nSPS) is 32.4. The van der Waals surface area contributed by atoms with Gasteiger partial charge in [0, 0.05) is 25.8 Å². The van der Waals surface area contributed by atoms with Gasteiger partial charge < -0.3 is 0 Å². The van der Waals surface area contributed by atoms with Crippen LogP contribution in [-0.4, -0.2) is 27.3 Å². The number of thiol groups is 1. The lowest BCUT2D eigenvalue weighted by Crippen LogP contribution is -2.47. The van der Waals surface area contributed by atoms with Crippen molar-refractivity contribution in [3.63, 3.8) is 0 Å². The molecule has 0 amide bonds. The van der Waals surface area contributed by atoms with Gasteiger partial charge in [0.25, 0.3) is 0 Å². The Kier molecular flexibility index (Phi) is 3.81. The lowest BCUT2D eigenvalue weighted by atomic mass is 9.68. The number of thioether (sulfide) groups is 2. The zero-order valence-electron chi connectivity index (χ0n) is 16.6. The van der Waals surface area contributed by atoms with Crippen LogP contribution >= 0.6 is 36.2 Å². The molecule has 2 aliphatic heterocycles. The summed E-state index contributed by atoms with van der Waals surface area (Å²) in [5.74, 6) is -15.6. The number of hydrogen-bond donors (Lipinski definition) is 1. The van der Waals surface area contributed by atoms with Gasteiger partial charge in [-0.1, -0.05) is 24.3 Å². The molecule has 1 fully saturated rings. The Morgan fingerprint density at radius 2 is 1.16 bits per heavy atom. The smallest absolute Gasteiger partial charge is 0.194 e. The Morgan fingerprint density at radius 1 is 0.656 bits per heavy atom. The van der Waals surface area contributed by atoms with Crippen LogP contribution in [0, 0.1) is 0 Å². The van der Waals surface area contributed by atoms with Gasteiger partial charge >= 0.3 is 17.8 Å². The molecule has 2 atom stereocenters. The molecule has 2 unspecified atom stereocenters. The summed E-state index contributed by atoms with van der Waals surface area (Å²) in [6, 6.07) is 11.3. The third-order valence-corrected chi connectivity index (χ3v) is 10.6. The molecule has 1 saturated carbocycles. The van der Waals surface area contributed by atoms with Gasteiger partial charge in [-0.3, -0.25) is 0 Å². The van der Waals surface area contributed by atoms with Gasteiger partial charge in [0.15, 0.2) is 0 Å². The Bertz CT molecular complexity index is 1310.